The van der Waals surface area contributed by atoms with E-state index >= 15 is 0 Å². The van der Waals surface area contributed by atoms with E-state index in [0.29, 0.717) is 12.1 Å². The molecule has 3 heteroatoms. The Kier molecular flexibility index (Phi) is 1.66. The lowest BCUT2D eigenvalue weighted by atomic mass is 10.2. The van der Waals surface area contributed by atoms with Crippen molar-refractivity contribution >= 4 is 0 Å². The van der Waals surface area contributed by atoms with Crippen molar-refractivity contribution in [3.63, 3.8) is 0 Å². The van der Waals surface area contributed by atoms with Crippen molar-refractivity contribution < 1.29 is 0 Å². The minimum absolute atomic E-state index is 0.315. The minimum Gasteiger partial charge on any atom is -0.326 e. The molecule has 0 spiro atoms. The molecule has 0 amide bonds. The van der Waals surface area contributed by atoms with Crippen LogP contribution in [0.2, 0.25) is 0 Å². The zero-order valence-corrected chi connectivity index (χ0v) is 6.48. The summed E-state index contributed by atoms with van der Waals surface area (Å²) in [5.74, 6) is 0. The first-order chi connectivity index (χ1) is 5.38. The highest BCUT2D eigenvalue weighted by Crippen LogP contribution is 2.27. The third-order valence-corrected chi connectivity index (χ3v) is 2.40. The van der Waals surface area contributed by atoms with Gasteiger partial charge < -0.3 is 5.73 Å². The fraction of sp³-hybridized carbons (Fsp3) is 0.625. The zero-order valence-electron chi connectivity index (χ0n) is 6.48. The van der Waals surface area contributed by atoms with Crippen molar-refractivity contribution in [2.45, 2.75) is 31.3 Å². The average molecular weight is 151 g/mol. The van der Waals surface area contributed by atoms with Gasteiger partial charge in [0.25, 0.3) is 0 Å². The third kappa shape index (κ3) is 1.16. The first-order valence-corrected chi connectivity index (χ1v) is 4.12. The molecule has 1 fully saturated rings. The minimum atomic E-state index is 0.315. The lowest BCUT2D eigenvalue weighted by Gasteiger charge is -2.15. The van der Waals surface area contributed by atoms with Gasteiger partial charge >= 0.3 is 0 Å². The van der Waals surface area contributed by atoms with E-state index < -0.39 is 0 Å². The van der Waals surface area contributed by atoms with E-state index in [1.165, 1.54) is 12.8 Å². The van der Waals surface area contributed by atoms with Gasteiger partial charge in [0.1, 0.15) is 0 Å². The monoisotopic (exact) mass is 151 g/mol. The van der Waals surface area contributed by atoms with Crippen molar-refractivity contribution in [3.05, 3.63) is 18.5 Å². The molecule has 1 aliphatic carbocycles. The van der Waals surface area contributed by atoms with Gasteiger partial charge in [-0.25, -0.2) is 0 Å². The second-order valence-corrected chi connectivity index (χ2v) is 3.15. The molecule has 1 aromatic rings. The second kappa shape index (κ2) is 2.66. The second-order valence-electron chi connectivity index (χ2n) is 3.15. The highest BCUT2D eigenvalue weighted by Gasteiger charge is 2.25. The van der Waals surface area contributed by atoms with Gasteiger partial charge in [-0.15, -0.1) is 0 Å². The number of rotatable bonds is 1. The average Bonchev–Trinajstić information content (AvgIpc) is 2.55. The first-order valence-electron chi connectivity index (χ1n) is 4.12. The van der Waals surface area contributed by atoms with Crippen LogP contribution >= 0.6 is 0 Å². The Morgan fingerprint density at radius 2 is 2.36 bits per heavy atom. The summed E-state index contributed by atoms with van der Waals surface area (Å²) in [5.41, 5.74) is 5.91. The highest BCUT2D eigenvalue weighted by molar-refractivity contribution is 4.89. The van der Waals surface area contributed by atoms with Crippen LogP contribution in [-0.4, -0.2) is 15.8 Å². The summed E-state index contributed by atoms with van der Waals surface area (Å²) in [6, 6.07) is 2.71. The Hall–Kier alpha value is -0.830. The third-order valence-electron chi connectivity index (χ3n) is 2.40. The predicted molar refractivity (Wildman–Crippen MR) is 43.1 cm³/mol. The van der Waals surface area contributed by atoms with E-state index in [4.69, 9.17) is 5.73 Å². The topological polar surface area (TPSA) is 43.8 Å². The van der Waals surface area contributed by atoms with Crippen molar-refractivity contribution in [2.75, 3.05) is 0 Å². The van der Waals surface area contributed by atoms with Gasteiger partial charge in [0.15, 0.2) is 0 Å². The van der Waals surface area contributed by atoms with Crippen LogP contribution in [0.3, 0.4) is 0 Å². The van der Waals surface area contributed by atoms with Crippen molar-refractivity contribution in [2.24, 2.45) is 5.73 Å². The van der Waals surface area contributed by atoms with Crippen LogP contribution in [0.4, 0.5) is 0 Å². The molecule has 60 valence electrons. The van der Waals surface area contributed by atoms with Crippen LogP contribution < -0.4 is 5.73 Å². The Bertz CT molecular complexity index is 217. The van der Waals surface area contributed by atoms with Crippen LogP contribution in [0.25, 0.3) is 0 Å². The fourth-order valence-corrected chi connectivity index (χ4v) is 1.77. The van der Waals surface area contributed by atoms with E-state index in [-0.39, 0.29) is 0 Å². The molecule has 1 aromatic heterocycles. The van der Waals surface area contributed by atoms with Gasteiger partial charge in [-0.2, -0.15) is 5.10 Å². The van der Waals surface area contributed by atoms with Crippen molar-refractivity contribution in [1.29, 1.82) is 0 Å². The van der Waals surface area contributed by atoms with Crippen LogP contribution in [0.5, 0.6) is 0 Å². The summed E-state index contributed by atoms with van der Waals surface area (Å²) in [6.45, 7) is 0. The lowest BCUT2D eigenvalue weighted by molar-refractivity contribution is 0.422. The molecule has 1 heterocycles. The van der Waals surface area contributed by atoms with Gasteiger partial charge in [0.2, 0.25) is 0 Å². The number of nitrogens with two attached hydrogens (primary N) is 1. The molecular weight excluding hydrogens is 138 g/mol. The Labute approximate surface area is 66.2 Å². The van der Waals surface area contributed by atoms with Crippen LogP contribution in [0, 0.1) is 0 Å². The van der Waals surface area contributed by atoms with E-state index in [1.807, 2.05) is 23.1 Å². The lowest BCUT2D eigenvalue weighted by Crippen LogP contribution is -2.27. The maximum atomic E-state index is 5.91. The molecule has 0 aromatic carbocycles. The molecule has 11 heavy (non-hydrogen) atoms. The molecule has 0 bridgehead atoms. The molecule has 3 nitrogen and oxygen atoms in total. The van der Waals surface area contributed by atoms with Crippen LogP contribution in [0.15, 0.2) is 18.5 Å². The van der Waals surface area contributed by atoms with E-state index in [2.05, 4.69) is 5.10 Å². The number of nitrogens with zero attached hydrogens (tertiary/aromatic N) is 2. The Morgan fingerprint density at radius 1 is 1.45 bits per heavy atom. The summed E-state index contributed by atoms with van der Waals surface area (Å²) >= 11 is 0. The molecule has 1 aliphatic rings. The number of hydrogen-bond donors (Lipinski definition) is 1. The molecule has 0 aliphatic heterocycles. The van der Waals surface area contributed by atoms with Gasteiger partial charge in [-0.1, -0.05) is 0 Å². The maximum absolute atomic E-state index is 5.91. The van der Waals surface area contributed by atoms with E-state index in [9.17, 15) is 0 Å². The summed E-state index contributed by atoms with van der Waals surface area (Å²) in [4.78, 5) is 0. The molecular formula is C8H13N3. The highest BCUT2D eigenvalue weighted by atomic mass is 15.3. The zero-order chi connectivity index (χ0) is 7.68. The first kappa shape index (κ1) is 6.85. The largest absolute Gasteiger partial charge is 0.326 e. The van der Waals surface area contributed by atoms with Crippen LogP contribution in [-0.2, 0) is 0 Å². The van der Waals surface area contributed by atoms with Gasteiger partial charge in [-0.3, -0.25) is 4.68 Å². The van der Waals surface area contributed by atoms with Crippen LogP contribution in [0.1, 0.15) is 25.3 Å². The molecule has 1 saturated carbocycles. The SMILES string of the molecule is N[C@@H]1CCC[C@@H]1n1cccn1. The summed E-state index contributed by atoms with van der Waals surface area (Å²) < 4.78 is 1.98. The number of hydrogen-bond acceptors (Lipinski definition) is 2. The summed E-state index contributed by atoms with van der Waals surface area (Å²) in [6.07, 6.45) is 7.37. The number of aromatic nitrogens is 2. The quantitative estimate of drug-likeness (QED) is 0.649. The fourth-order valence-electron chi connectivity index (χ4n) is 1.77. The maximum Gasteiger partial charge on any atom is 0.0670 e. The van der Waals surface area contributed by atoms with E-state index in [0.717, 1.165) is 6.42 Å². The molecule has 0 radical (unpaired) electrons. The van der Waals surface area contributed by atoms with E-state index in [1.54, 1.807) is 0 Å². The molecule has 2 atom stereocenters. The smallest absolute Gasteiger partial charge is 0.0670 e. The molecule has 0 unspecified atom stereocenters. The molecule has 0 saturated heterocycles. The standard InChI is InChI=1S/C8H13N3/c9-7-3-1-4-8(7)11-6-2-5-10-11/h2,5-8H,1,3-4,9H2/t7-,8+/m1/s1. The normalized spacial score (nSPS) is 31.0. The molecule has 2 rings (SSSR count). The van der Waals surface area contributed by atoms with Crippen molar-refractivity contribution in [1.82, 2.24) is 9.78 Å². The Balaban J connectivity index is 2.16. The summed E-state index contributed by atoms with van der Waals surface area (Å²) in [5, 5.41) is 4.19. The van der Waals surface area contributed by atoms with Gasteiger partial charge in [-0.05, 0) is 25.3 Å². The predicted octanol–water partition coefficient (Wildman–Crippen LogP) is 0.935. The van der Waals surface area contributed by atoms with Gasteiger partial charge in [0, 0.05) is 18.4 Å². The van der Waals surface area contributed by atoms with Gasteiger partial charge in [0.05, 0.1) is 6.04 Å². The summed E-state index contributed by atoms with van der Waals surface area (Å²) in [7, 11) is 0. The van der Waals surface area contributed by atoms with Crippen molar-refractivity contribution in [3.8, 4) is 0 Å². The molecule has 2 N–H and O–H groups in total. The Morgan fingerprint density at radius 3 is 2.91 bits per heavy atom.